The molecule has 1 saturated heterocycles. The van der Waals surface area contributed by atoms with Crippen molar-refractivity contribution in [3.05, 3.63) is 71.4 Å². The minimum atomic E-state index is -0.346. The van der Waals surface area contributed by atoms with Gasteiger partial charge in [0.05, 0.1) is 36.8 Å². The lowest BCUT2D eigenvalue weighted by molar-refractivity contribution is -0.111. The number of para-hydroxylation sites is 1. The summed E-state index contributed by atoms with van der Waals surface area (Å²) in [5.74, 6) is 7.69. The van der Waals surface area contributed by atoms with Crippen LogP contribution in [0.15, 0.2) is 55.3 Å². The van der Waals surface area contributed by atoms with Crippen molar-refractivity contribution < 1.29 is 9.53 Å². The molecular weight excluding hydrogens is 538 g/mol. The van der Waals surface area contributed by atoms with E-state index in [2.05, 4.69) is 81.1 Å². The Labute approximate surface area is 247 Å². The number of nitrogens with zero attached hydrogens (tertiary/aromatic N) is 4. The summed E-state index contributed by atoms with van der Waals surface area (Å²) in [5.41, 5.74) is 3.75. The van der Waals surface area contributed by atoms with E-state index in [0.717, 1.165) is 37.4 Å². The molecule has 0 aliphatic carbocycles. The predicted molar refractivity (Wildman–Crippen MR) is 167 cm³/mol. The topological polar surface area (TPSA) is 94.6 Å². The molecule has 0 atom stereocenters. The smallest absolute Gasteiger partial charge is 0.247 e. The van der Waals surface area contributed by atoms with Gasteiger partial charge in [-0.05, 0) is 36.7 Å². The number of hydrogen-bond acceptors (Lipinski definition) is 8. The number of likely N-dealkylation sites (N-methyl/N-ethyl adjacent to an activating group) is 1. The highest BCUT2D eigenvalue weighted by molar-refractivity contribution is 6.32. The fourth-order valence-corrected chi connectivity index (χ4v) is 4.51. The van der Waals surface area contributed by atoms with Crippen LogP contribution in [0.3, 0.4) is 0 Å². The second-order valence-corrected chi connectivity index (χ2v) is 10.5. The van der Waals surface area contributed by atoms with E-state index in [9.17, 15) is 4.79 Å². The van der Waals surface area contributed by atoms with Crippen LogP contribution in [-0.4, -0.2) is 72.6 Å². The minimum Gasteiger partial charge on any atom is -0.495 e. The van der Waals surface area contributed by atoms with Gasteiger partial charge in [-0.3, -0.25) is 9.69 Å². The van der Waals surface area contributed by atoms with Gasteiger partial charge in [-0.15, -0.1) is 0 Å². The quantitative estimate of drug-likeness (QED) is 0.229. The second-order valence-electron chi connectivity index (χ2n) is 10.1. The van der Waals surface area contributed by atoms with E-state index in [4.69, 9.17) is 16.3 Å². The van der Waals surface area contributed by atoms with Crippen LogP contribution in [0.4, 0.5) is 28.8 Å². The Kier molecular flexibility index (Phi) is 10.2. The Morgan fingerprint density at radius 1 is 1.15 bits per heavy atom. The van der Waals surface area contributed by atoms with Gasteiger partial charge in [0, 0.05) is 37.9 Å². The number of carbonyl (C=O) groups excluding carboxylic acids is 1. The van der Waals surface area contributed by atoms with Gasteiger partial charge in [0.2, 0.25) is 11.9 Å². The summed E-state index contributed by atoms with van der Waals surface area (Å²) in [6.45, 7) is 12.4. The molecule has 1 aromatic heterocycles. The molecular formula is C31H36ClN7O2. The maximum atomic E-state index is 12.3. The molecule has 0 unspecified atom stereocenters. The van der Waals surface area contributed by atoms with Crippen LogP contribution in [0, 0.1) is 11.8 Å². The molecule has 9 nitrogen and oxygen atoms in total. The molecule has 3 aromatic rings. The van der Waals surface area contributed by atoms with E-state index in [1.54, 1.807) is 19.2 Å². The highest BCUT2D eigenvalue weighted by Crippen LogP contribution is 2.34. The van der Waals surface area contributed by atoms with Crippen LogP contribution in [0.25, 0.3) is 0 Å². The fourth-order valence-electron chi connectivity index (χ4n) is 4.37. The molecule has 10 heteroatoms. The number of methoxy groups -OCH3 is 1. The van der Waals surface area contributed by atoms with E-state index in [1.165, 1.54) is 12.3 Å². The fraction of sp³-hybridized carbons (Fsp3) is 0.323. The standard InChI is InChI=1S/C31H36ClN7O2/c1-6-29(40)34-26-19-27(28(41-5)18-22(26)10-9-13-39-16-14-38(4)15-17-39)36-31-33-20-24(32)30(37-31)35-25-12-8-7-11-23(25)21(2)3/h6-8,11-12,18-21H,1,13-17H2,2-5H3,(H,34,40)(H2,33,35,36,37). The molecule has 0 radical (unpaired) electrons. The third-order valence-corrected chi connectivity index (χ3v) is 7.01. The van der Waals surface area contributed by atoms with Crippen molar-refractivity contribution in [1.29, 1.82) is 0 Å². The monoisotopic (exact) mass is 573 g/mol. The molecule has 0 saturated carbocycles. The third kappa shape index (κ3) is 7.98. The first-order valence-corrected chi connectivity index (χ1v) is 13.9. The number of halogens is 1. The first-order valence-electron chi connectivity index (χ1n) is 13.5. The Bertz CT molecular complexity index is 1460. The SMILES string of the molecule is C=CC(=O)Nc1cc(Nc2ncc(Cl)c(Nc3ccccc3C(C)C)n2)c(OC)cc1C#CCN1CCN(C)CC1. The van der Waals surface area contributed by atoms with Gasteiger partial charge in [0.1, 0.15) is 10.8 Å². The van der Waals surface area contributed by atoms with Gasteiger partial charge >= 0.3 is 0 Å². The van der Waals surface area contributed by atoms with Gasteiger partial charge in [0.25, 0.3) is 0 Å². The van der Waals surface area contributed by atoms with Crippen LogP contribution >= 0.6 is 11.6 Å². The van der Waals surface area contributed by atoms with Crippen molar-refractivity contribution in [2.45, 2.75) is 19.8 Å². The number of aromatic nitrogens is 2. The maximum Gasteiger partial charge on any atom is 0.247 e. The Balaban J connectivity index is 1.61. The number of benzene rings is 2. The normalized spacial score (nSPS) is 13.7. The van der Waals surface area contributed by atoms with E-state index in [0.29, 0.717) is 51.9 Å². The van der Waals surface area contributed by atoms with Gasteiger partial charge in [0.15, 0.2) is 5.82 Å². The molecule has 3 N–H and O–H groups in total. The Hall–Kier alpha value is -4.10. The summed E-state index contributed by atoms with van der Waals surface area (Å²) in [7, 11) is 3.69. The number of anilines is 5. The molecule has 1 aliphatic rings. The zero-order valence-electron chi connectivity index (χ0n) is 23.9. The van der Waals surface area contributed by atoms with E-state index in [-0.39, 0.29) is 5.91 Å². The van der Waals surface area contributed by atoms with Crippen molar-refractivity contribution in [1.82, 2.24) is 19.8 Å². The first-order chi connectivity index (χ1) is 19.8. The number of rotatable bonds is 9. The van der Waals surface area contributed by atoms with Gasteiger partial charge < -0.3 is 25.6 Å². The first kappa shape index (κ1) is 29.9. The largest absolute Gasteiger partial charge is 0.495 e. The number of hydrogen-bond donors (Lipinski definition) is 3. The molecule has 2 aromatic carbocycles. The number of carbonyl (C=O) groups is 1. The van der Waals surface area contributed by atoms with Crippen molar-refractivity contribution >= 4 is 46.3 Å². The molecule has 4 rings (SSSR count). The number of nitrogens with one attached hydrogen (secondary N) is 3. The second kappa shape index (κ2) is 14.0. The summed E-state index contributed by atoms with van der Waals surface area (Å²) in [4.78, 5) is 25.8. The van der Waals surface area contributed by atoms with Crippen molar-refractivity contribution in [3.8, 4) is 17.6 Å². The van der Waals surface area contributed by atoms with E-state index in [1.807, 2.05) is 18.2 Å². The molecule has 41 heavy (non-hydrogen) atoms. The molecule has 214 valence electrons. The average Bonchev–Trinajstić information content (AvgIpc) is 2.97. The zero-order chi connectivity index (χ0) is 29.4. The third-order valence-electron chi connectivity index (χ3n) is 6.73. The van der Waals surface area contributed by atoms with Gasteiger partial charge in [-0.2, -0.15) is 4.98 Å². The van der Waals surface area contributed by atoms with Gasteiger partial charge in [-0.1, -0.05) is 62.1 Å². The Morgan fingerprint density at radius 2 is 1.90 bits per heavy atom. The predicted octanol–water partition coefficient (Wildman–Crippen LogP) is 5.47. The van der Waals surface area contributed by atoms with Crippen molar-refractivity contribution in [2.24, 2.45) is 0 Å². The number of ether oxygens (including phenoxy) is 1. The average molecular weight is 574 g/mol. The summed E-state index contributed by atoms with van der Waals surface area (Å²) in [6, 6.07) is 11.6. The number of amides is 1. The number of piperazine rings is 1. The zero-order valence-corrected chi connectivity index (χ0v) is 24.7. The molecule has 0 spiro atoms. The summed E-state index contributed by atoms with van der Waals surface area (Å²) in [6.07, 6.45) is 2.75. The molecule has 1 fully saturated rings. The highest BCUT2D eigenvalue weighted by Gasteiger charge is 2.16. The molecule has 2 heterocycles. The lowest BCUT2D eigenvalue weighted by Gasteiger charge is -2.30. The lowest BCUT2D eigenvalue weighted by Crippen LogP contribution is -2.44. The van der Waals surface area contributed by atoms with Crippen molar-refractivity contribution in [3.63, 3.8) is 0 Å². The summed E-state index contributed by atoms with van der Waals surface area (Å²) in [5, 5.41) is 9.77. The van der Waals surface area contributed by atoms with Crippen molar-refractivity contribution in [2.75, 3.05) is 62.8 Å². The summed E-state index contributed by atoms with van der Waals surface area (Å²) < 4.78 is 5.67. The summed E-state index contributed by atoms with van der Waals surface area (Å²) >= 11 is 6.45. The molecule has 1 amide bonds. The van der Waals surface area contributed by atoms with Crippen LogP contribution < -0.4 is 20.7 Å². The van der Waals surface area contributed by atoms with Crippen LogP contribution in [0.1, 0.15) is 30.9 Å². The maximum absolute atomic E-state index is 12.3. The Morgan fingerprint density at radius 3 is 2.61 bits per heavy atom. The van der Waals surface area contributed by atoms with Crippen LogP contribution in [-0.2, 0) is 4.79 Å². The van der Waals surface area contributed by atoms with E-state index < -0.39 is 0 Å². The molecule has 1 aliphatic heterocycles. The minimum absolute atomic E-state index is 0.298. The highest BCUT2D eigenvalue weighted by atomic mass is 35.5. The van der Waals surface area contributed by atoms with Gasteiger partial charge in [-0.25, -0.2) is 4.98 Å². The van der Waals surface area contributed by atoms with Crippen LogP contribution in [0.5, 0.6) is 5.75 Å². The van der Waals surface area contributed by atoms with Crippen LogP contribution in [0.2, 0.25) is 5.02 Å². The molecule has 0 bridgehead atoms. The lowest BCUT2D eigenvalue weighted by atomic mass is 10.0. The van der Waals surface area contributed by atoms with E-state index >= 15 is 0 Å².